The molecule has 0 unspecified atom stereocenters. The van der Waals surface area contributed by atoms with Crippen molar-refractivity contribution in [3.05, 3.63) is 35.4 Å². The topological polar surface area (TPSA) is 46.2 Å². The van der Waals surface area contributed by atoms with Gasteiger partial charge in [0.25, 0.3) is 0 Å². The summed E-state index contributed by atoms with van der Waals surface area (Å²) < 4.78 is 61.1. The Kier molecular flexibility index (Phi) is 6.01. The second-order valence-electron chi connectivity index (χ2n) is 4.48. The third-order valence-electron chi connectivity index (χ3n) is 2.74. The van der Waals surface area contributed by atoms with Gasteiger partial charge in [0.15, 0.2) is 9.84 Å². The van der Waals surface area contributed by atoms with E-state index in [2.05, 4.69) is 5.32 Å². The third kappa shape index (κ3) is 5.50. The molecule has 0 aliphatic rings. The summed E-state index contributed by atoms with van der Waals surface area (Å²) in [7, 11) is -3.11. The monoisotopic (exact) mass is 309 g/mol. The molecule has 0 aliphatic carbocycles. The molecule has 0 atom stereocenters. The Morgan fingerprint density at radius 1 is 1.15 bits per heavy atom. The highest BCUT2D eigenvalue weighted by Crippen LogP contribution is 2.31. The van der Waals surface area contributed by atoms with Gasteiger partial charge in [-0.05, 0) is 18.1 Å². The van der Waals surface area contributed by atoms with Gasteiger partial charge in [-0.2, -0.15) is 13.2 Å². The number of alkyl halides is 3. The van der Waals surface area contributed by atoms with E-state index < -0.39 is 21.6 Å². The van der Waals surface area contributed by atoms with Crippen molar-refractivity contribution in [2.75, 3.05) is 18.1 Å². The predicted octanol–water partition coefficient (Wildman–Crippen LogP) is 2.62. The fourth-order valence-corrected chi connectivity index (χ4v) is 3.10. The van der Waals surface area contributed by atoms with E-state index in [0.29, 0.717) is 6.42 Å². The zero-order valence-corrected chi connectivity index (χ0v) is 12.0. The zero-order valence-electron chi connectivity index (χ0n) is 11.2. The van der Waals surface area contributed by atoms with Crippen LogP contribution in [0.15, 0.2) is 24.3 Å². The maximum atomic E-state index is 12.7. The van der Waals surface area contributed by atoms with Crippen LogP contribution in [0, 0.1) is 0 Å². The number of hydrogen-bond donors (Lipinski definition) is 1. The van der Waals surface area contributed by atoms with Crippen LogP contribution in [0.1, 0.15) is 24.5 Å². The molecule has 7 heteroatoms. The second kappa shape index (κ2) is 7.08. The van der Waals surface area contributed by atoms with Crippen molar-refractivity contribution in [3.8, 4) is 0 Å². The van der Waals surface area contributed by atoms with Gasteiger partial charge in [-0.3, -0.25) is 0 Å². The summed E-state index contributed by atoms with van der Waals surface area (Å²) in [6, 6.07) is 5.26. The predicted molar refractivity (Wildman–Crippen MR) is 72.1 cm³/mol. The van der Waals surface area contributed by atoms with E-state index in [1.165, 1.54) is 18.2 Å². The molecule has 114 valence electrons. The molecule has 1 rings (SSSR count). The summed E-state index contributed by atoms with van der Waals surface area (Å²) in [5.74, 6) is 0.0445. The first kappa shape index (κ1) is 17.0. The molecule has 0 aromatic heterocycles. The fourth-order valence-electron chi connectivity index (χ4n) is 1.81. The van der Waals surface area contributed by atoms with Crippen LogP contribution in [0.25, 0.3) is 0 Å². The third-order valence-corrected chi connectivity index (χ3v) is 4.60. The summed E-state index contributed by atoms with van der Waals surface area (Å²) in [4.78, 5) is 0. The molecule has 0 saturated carbocycles. The Morgan fingerprint density at radius 2 is 1.80 bits per heavy atom. The van der Waals surface area contributed by atoms with Crippen molar-refractivity contribution in [1.29, 1.82) is 0 Å². The molecule has 0 bridgehead atoms. The molecule has 0 saturated heterocycles. The lowest BCUT2D eigenvalue weighted by molar-refractivity contribution is -0.138. The van der Waals surface area contributed by atoms with E-state index in [1.807, 2.05) is 0 Å². The van der Waals surface area contributed by atoms with Gasteiger partial charge in [0.1, 0.15) is 0 Å². The smallest absolute Gasteiger partial charge is 0.312 e. The largest absolute Gasteiger partial charge is 0.416 e. The average Bonchev–Trinajstić information content (AvgIpc) is 2.34. The van der Waals surface area contributed by atoms with Crippen molar-refractivity contribution in [3.63, 3.8) is 0 Å². The second-order valence-corrected chi connectivity index (χ2v) is 6.79. The van der Waals surface area contributed by atoms with Gasteiger partial charge in [-0.15, -0.1) is 0 Å². The molecule has 20 heavy (non-hydrogen) atoms. The van der Waals surface area contributed by atoms with Crippen molar-refractivity contribution >= 4 is 9.84 Å². The van der Waals surface area contributed by atoms with Crippen LogP contribution in [-0.4, -0.2) is 26.5 Å². The van der Waals surface area contributed by atoms with Crippen LogP contribution in [-0.2, 0) is 22.6 Å². The van der Waals surface area contributed by atoms with Gasteiger partial charge in [0, 0.05) is 18.8 Å². The Morgan fingerprint density at radius 3 is 2.40 bits per heavy atom. The van der Waals surface area contributed by atoms with Crippen molar-refractivity contribution in [2.24, 2.45) is 0 Å². The van der Waals surface area contributed by atoms with Gasteiger partial charge in [-0.1, -0.05) is 25.1 Å². The van der Waals surface area contributed by atoms with Crippen molar-refractivity contribution in [1.82, 2.24) is 5.32 Å². The molecule has 0 fully saturated rings. The SMILES string of the molecule is CCCS(=O)(=O)CCNCc1ccccc1C(F)(F)F. The summed E-state index contributed by atoms with van der Waals surface area (Å²) in [6.07, 6.45) is -3.86. The van der Waals surface area contributed by atoms with Gasteiger partial charge in [0.2, 0.25) is 0 Å². The minimum Gasteiger partial charge on any atom is -0.312 e. The van der Waals surface area contributed by atoms with Gasteiger partial charge < -0.3 is 5.32 Å². The van der Waals surface area contributed by atoms with E-state index in [9.17, 15) is 21.6 Å². The highest BCUT2D eigenvalue weighted by Gasteiger charge is 2.32. The molecule has 0 spiro atoms. The van der Waals surface area contributed by atoms with E-state index in [4.69, 9.17) is 0 Å². The maximum Gasteiger partial charge on any atom is 0.416 e. The van der Waals surface area contributed by atoms with E-state index in [0.717, 1.165) is 6.07 Å². The minimum absolute atomic E-state index is 0.00265. The molecule has 3 nitrogen and oxygen atoms in total. The Hall–Kier alpha value is -1.08. The molecule has 0 radical (unpaired) electrons. The zero-order chi connectivity index (χ0) is 15.2. The standard InChI is InChI=1S/C13H18F3NO2S/c1-2-8-20(18,19)9-7-17-10-11-5-3-4-6-12(11)13(14,15)16/h3-6,17H,2,7-10H2,1H3. The van der Waals surface area contributed by atoms with Crippen LogP contribution in [0.4, 0.5) is 13.2 Å². The number of sulfone groups is 1. The highest BCUT2D eigenvalue weighted by molar-refractivity contribution is 7.91. The summed E-state index contributed by atoms with van der Waals surface area (Å²) >= 11 is 0. The number of rotatable bonds is 7. The summed E-state index contributed by atoms with van der Waals surface area (Å²) in [5, 5.41) is 2.75. The van der Waals surface area contributed by atoms with Gasteiger partial charge >= 0.3 is 6.18 Å². The lowest BCUT2D eigenvalue weighted by atomic mass is 10.1. The van der Waals surface area contributed by atoms with E-state index in [1.54, 1.807) is 6.92 Å². The molecular formula is C13H18F3NO2S. The number of nitrogens with one attached hydrogen (secondary N) is 1. The van der Waals surface area contributed by atoms with E-state index in [-0.39, 0.29) is 30.2 Å². The first-order valence-corrected chi connectivity index (χ1v) is 8.14. The molecule has 0 aliphatic heterocycles. The van der Waals surface area contributed by atoms with Crippen LogP contribution in [0.3, 0.4) is 0 Å². The van der Waals surface area contributed by atoms with Crippen LogP contribution in [0.5, 0.6) is 0 Å². The number of hydrogen-bond acceptors (Lipinski definition) is 3. The Balaban J connectivity index is 2.55. The first-order chi connectivity index (χ1) is 9.26. The average molecular weight is 309 g/mol. The maximum absolute atomic E-state index is 12.7. The number of halogens is 3. The van der Waals surface area contributed by atoms with E-state index >= 15 is 0 Å². The highest BCUT2D eigenvalue weighted by atomic mass is 32.2. The molecule has 0 heterocycles. The molecule has 1 aromatic carbocycles. The Bertz CT molecular complexity index is 527. The first-order valence-electron chi connectivity index (χ1n) is 6.32. The minimum atomic E-state index is -4.40. The van der Waals surface area contributed by atoms with Crippen molar-refractivity contribution < 1.29 is 21.6 Å². The van der Waals surface area contributed by atoms with Gasteiger partial charge in [0.05, 0.1) is 11.3 Å². The van der Waals surface area contributed by atoms with Crippen LogP contribution >= 0.6 is 0 Å². The fraction of sp³-hybridized carbons (Fsp3) is 0.538. The Labute approximate surface area is 117 Å². The molecular weight excluding hydrogens is 291 g/mol. The number of benzene rings is 1. The van der Waals surface area contributed by atoms with Crippen LogP contribution in [0.2, 0.25) is 0 Å². The normalized spacial score (nSPS) is 12.6. The van der Waals surface area contributed by atoms with Crippen molar-refractivity contribution in [2.45, 2.75) is 26.1 Å². The summed E-state index contributed by atoms with van der Waals surface area (Å²) in [6.45, 7) is 1.91. The molecule has 1 aromatic rings. The lowest BCUT2D eigenvalue weighted by Crippen LogP contribution is -2.25. The van der Waals surface area contributed by atoms with Crippen LogP contribution < -0.4 is 5.32 Å². The summed E-state index contributed by atoms with van der Waals surface area (Å²) in [5.41, 5.74) is -0.572. The lowest BCUT2D eigenvalue weighted by Gasteiger charge is -2.13. The molecule has 1 N–H and O–H groups in total. The molecule has 0 amide bonds. The van der Waals surface area contributed by atoms with Gasteiger partial charge in [-0.25, -0.2) is 8.42 Å². The quantitative estimate of drug-likeness (QED) is 0.788.